The van der Waals surface area contributed by atoms with Gasteiger partial charge in [-0.2, -0.15) is 0 Å². The number of nitrogens with two attached hydrogens (primary N) is 1. The monoisotopic (exact) mass is 282 g/mol. The summed E-state index contributed by atoms with van der Waals surface area (Å²) in [5.41, 5.74) is 5.79. The summed E-state index contributed by atoms with van der Waals surface area (Å²) in [5, 5.41) is 3.67. The van der Waals surface area contributed by atoms with E-state index in [-0.39, 0.29) is 11.4 Å². The first-order valence-corrected chi connectivity index (χ1v) is 6.58. The molecule has 7 heteroatoms. The van der Waals surface area contributed by atoms with E-state index in [2.05, 4.69) is 10.1 Å². The molecule has 0 unspecified atom stereocenters. The number of hydrogen-bond acceptors (Lipinski definition) is 5. The van der Waals surface area contributed by atoms with Crippen molar-refractivity contribution in [3.8, 4) is 0 Å². The lowest BCUT2D eigenvalue weighted by atomic mass is 10.0. The van der Waals surface area contributed by atoms with Gasteiger partial charge in [-0.3, -0.25) is 9.69 Å². The van der Waals surface area contributed by atoms with Crippen LogP contribution in [-0.2, 0) is 0 Å². The Morgan fingerprint density at radius 2 is 2.05 bits per heavy atom. The maximum absolute atomic E-state index is 12.1. The van der Waals surface area contributed by atoms with Crippen LogP contribution in [0.1, 0.15) is 24.3 Å². The summed E-state index contributed by atoms with van der Waals surface area (Å²) in [7, 11) is 0. The SMILES string of the molecule is CC(C)(C(N)=S)N1CCN(C(=O)c2ccon2)CC1. The van der Waals surface area contributed by atoms with Crippen molar-refractivity contribution in [3.05, 3.63) is 18.0 Å². The first-order chi connectivity index (χ1) is 8.93. The van der Waals surface area contributed by atoms with E-state index in [4.69, 9.17) is 22.5 Å². The topological polar surface area (TPSA) is 75.6 Å². The average molecular weight is 282 g/mol. The summed E-state index contributed by atoms with van der Waals surface area (Å²) in [5.74, 6) is -0.0958. The number of hydrogen-bond donors (Lipinski definition) is 1. The Morgan fingerprint density at radius 1 is 1.42 bits per heavy atom. The minimum atomic E-state index is -0.321. The number of thiocarbonyl (C=S) groups is 1. The molecule has 1 saturated heterocycles. The van der Waals surface area contributed by atoms with E-state index in [1.807, 2.05) is 13.8 Å². The van der Waals surface area contributed by atoms with Crippen LogP contribution in [0.4, 0.5) is 0 Å². The molecule has 0 aromatic carbocycles. The van der Waals surface area contributed by atoms with Crippen molar-refractivity contribution in [3.63, 3.8) is 0 Å². The van der Waals surface area contributed by atoms with Gasteiger partial charge in [0.2, 0.25) is 0 Å². The maximum Gasteiger partial charge on any atom is 0.276 e. The van der Waals surface area contributed by atoms with E-state index in [0.29, 0.717) is 23.8 Å². The Labute approximate surface area is 117 Å². The molecule has 0 atom stereocenters. The van der Waals surface area contributed by atoms with Crippen molar-refractivity contribution in [2.75, 3.05) is 26.2 Å². The van der Waals surface area contributed by atoms with Crippen LogP contribution in [0.3, 0.4) is 0 Å². The molecule has 19 heavy (non-hydrogen) atoms. The molecule has 1 aromatic rings. The van der Waals surface area contributed by atoms with Crippen LogP contribution >= 0.6 is 12.2 Å². The molecular weight excluding hydrogens is 264 g/mol. The largest absolute Gasteiger partial charge is 0.392 e. The second-order valence-corrected chi connectivity index (χ2v) is 5.53. The quantitative estimate of drug-likeness (QED) is 0.814. The predicted octanol–water partition coefficient (Wildman–Crippen LogP) is 0.497. The summed E-state index contributed by atoms with van der Waals surface area (Å²) in [4.78, 5) is 16.5. The van der Waals surface area contributed by atoms with Gasteiger partial charge in [0.05, 0.1) is 10.5 Å². The molecule has 104 valence electrons. The van der Waals surface area contributed by atoms with Gasteiger partial charge in [-0.1, -0.05) is 17.4 Å². The zero-order valence-corrected chi connectivity index (χ0v) is 11.9. The minimum Gasteiger partial charge on any atom is -0.392 e. The van der Waals surface area contributed by atoms with Crippen LogP contribution in [0.5, 0.6) is 0 Å². The van der Waals surface area contributed by atoms with Crippen molar-refractivity contribution < 1.29 is 9.32 Å². The van der Waals surface area contributed by atoms with Crippen molar-refractivity contribution >= 4 is 23.1 Å². The van der Waals surface area contributed by atoms with E-state index >= 15 is 0 Å². The van der Waals surface area contributed by atoms with Gasteiger partial charge in [-0.15, -0.1) is 0 Å². The van der Waals surface area contributed by atoms with E-state index in [1.165, 1.54) is 6.26 Å². The van der Waals surface area contributed by atoms with Gasteiger partial charge in [0.25, 0.3) is 5.91 Å². The number of piperazine rings is 1. The highest BCUT2D eigenvalue weighted by atomic mass is 32.1. The Kier molecular flexibility index (Phi) is 3.86. The van der Waals surface area contributed by atoms with Crippen LogP contribution in [0.25, 0.3) is 0 Å². The lowest BCUT2D eigenvalue weighted by Crippen LogP contribution is -2.59. The van der Waals surface area contributed by atoms with Gasteiger partial charge >= 0.3 is 0 Å². The highest BCUT2D eigenvalue weighted by Gasteiger charge is 2.33. The smallest absolute Gasteiger partial charge is 0.276 e. The minimum absolute atomic E-state index is 0.0958. The first-order valence-electron chi connectivity index (χ1n) is 6.17. The second kappa shape index (κ2) is 5.26. The fraction of sp³-hybridized carbons (Fsp3) is 0.583. The van der Waals surface area contributed by atoms with Gasteiger partial charge in [-0.05, 0) is 13.8 Å². The lowest BCUT2D eigenvalue weighted by molar-refractivity contribution is 0.0531. The Morgan fingerprint density at radius 3 is 2.53 bits per heavy atom. The number of rotatable bonds is 3. The third-order valence-corrected chi connectivity index (χ3v) is 4.12. The van der Waals surface area contributed by atoms with Gasteiger partial charge in [0.15, 0.2) is 5.69 Å². The predicted molar refractivity (Wildman–Crippen MR) is 74.8 cm³/mol. The molecule has 2 N–H and O–H groups in total. The molecule has 0 saturated carbocycles. The van der Waals surface area contributed by atoms with Gasteiger partial charge in [-0.25, -0.2) is 0 Å². The van der Waals surface area contributed by atoms with Crippen LogP contribution in [0.15, 0.2) is 16.9 Å². The van der Waals surface area contributed by atoms with E-state index in [0.717, 1.165) is 13.1 Å². The van der Waals surface area contributed by atoms with Crippen LogP contribution in [0, 0.1) is 0 Å². The molecule has 2 heterocycles. The number of carbonyl (C=O) groups is 1. The summed E-state index contributed by atoms with van der Waals surface area (Å²) in [6.45, 7) is 6.77. The van der Waals surface area contributed by atoms with Crippen LogP contribution in [-0.4, -0.2) is 57.6 Å². The second-order valence-electron chi connectivity index (χ2n) is 5.09. The Bertz CT molecular complexity index is 464. The molecule has 1 aliphatic rings. The highest BCUT2D eigenvalue weighted by Crippen LogP contribution is 2.18. The van der Waals surface area contributed by atoms with Crippen LogP contribution < -0.4 is 5.73 Å². The number of carbonyl (C=O) groups excluding carboxylic acids is 1. The molecule has 1 aliphatic heterocycles. The Balaban J connectivity index is 1.96. The molecule has 2 rings (SSSR count). The van der Waals surface area contributed by atoms with Crippen LogP contribution in [0.2, 0.25) is 0 Å². The highest BCUT2D eigenvalue weighted by molar-refractivity contribution is 7.80. The van der Waals surface area contributed by atoms with Gasteiger partial charge < -0.3 is 15.2 Å². The number of amides is 1. The summed E-state index contributed by atoms with van der Waals surface area (Å²) in [6.07, 6.45) is 1.40. The van der Waals surface area contributed by atoms with E-state index < -0.39 is 0 Å². The molecule has 0 aliphatic carbocycles. The Hall–Kier alpha value is -1.47. The van der Waals surface area contributed by atoms with E-state index in [1.54, 1.807) is 11.0 Å². The third kappa shape index (κ3) is 2.76. The van der Waals surface area contributed by atoms with Crippen molar-refractivity contribution in [2.24, 2.45) is 5.73 Å². The molecule has 1 aromatic heterocycles. The average Bonchev–Trinajstić information content (AvgIpc) is 2.91. The standard InChI is InChI=1S/C12H18N4O2S/c1-12(2,11(13)19)16-6-4-15(5-7-16)10(17)9-3-8-18-14-9/h3,8H,4-7H2,1-2H3,(H2,13,19). The third-order valence-electron chi connectivity index (χ3n) is 3.62. The summed E-state index contributed by atoms with van der Waals surface area (Å²) in [6, 6.07) is 1.58. The molecule has 1 amide bonds. The fourth-order valence-corrected chi connectivity index (χ4v) is 2.24. The van der Waals surface area contributed by atoms with E-state index in [9.17, 15) is 4.79 Å². The maximum atomic E-state index is 12.1. The van der Waals surface area contributed by atoms with Gasteiger partial charge in [0, 0.05) is 32.2 Å². The summed E-state index contributed by atoms with van der Waals surface area (Å²) < 4.78 is 4.69. The first kappa shape index (κ1) is 14.0. The molecule has 0 spiro atoms. The molecule has 0 radical (unpaired) electrons. The van der Waals surface area contributed by atoms with Crippen molar-refractivity contribution in [1.29, 1.82) is 0 Å². The zero-order valence-electron chi connectivity index (χ0n) is 11.1. The molecule has 0 bridgehead atoms. The molecule has 6 nitrogen and oxygen atoms in total. The normalized spacial score (nSPS) is 17.5. The lowest BCUT2D eigenvalue weighted by Gasteiger charge is -2.43. The molecule has 1 fully saturated rings. The van der Waals surface area contributed by atoms with Gasteiger partial charge in [0.1, 0.15) is 6.26 Å². The number of nitrogens with zero attached hydrogens (tertiary/aromatic N) is 3. The molecular formula is C12H18N4O2S. The summed E-state index contributed by atoms with van der Waals surface area (Å²) >= 11 is 5.09. The van der Waals surface area contributed by atoms with Crippen molar-refractivity contribution in [1.82, 2.24) is 15.0 Å². The number of aromatic nitrogens is 1. The fourth-order valence-electron chi connectivity index (χ4n) is 2.11. The zero-order chi connectivity index (χ0) is 14.0. The van der Waals surface area contributed by atoms with Crippen molar-refractivity contribution in [2.45, 2.75) is 19.4 Å².